The second-order valence-electron chi connectivity index (χ2n) is 7.16. The molecule has 0 aliphatic carbocycles. The van der Waals surface area contributed by atoms with Crippen LogP contribution >= 0.6 is 0 Å². The summed E-state index contributed by atoms with van der Waals surface area (Å²) in [4.78, 5) is 13.7. The predicted molar refractivity (Wildman–Crippen MR) is 103 cm³/mol. The van der Waals surface area contributed by atoms with Crippen molar-refractivity contribution in [2.75, 3.05) is 6.54 Å². The second kappa shape index (κ2) is 15.9. The second-order valence-corrected chi connectivity index (χ2v) is 7.16. The van der Waals surface area contributed by atoms with Gasteiger partial charge < -0.3 is 10.8 Å². The van der Waals surface area contributed by atoms with Crippen molar-refractivity contribution < 1.29 is 9.90 Å². The Balaban J connectivity index is 4.19. The molecule has 144 valence electrons. The molecule has 24 heavy (non-hydrogen) atoms. The molecule has 0 amide bonds. The van der Waals surface area contributed by atoms with Crippen molar-refractivity contribution >= 4 is 5.97 Å². The molecule has 0 saturated carbocycles. The van der Waals surface area contributed by atoms with E-state index in [1.807, 2.05) is 11.8 Å². The number of nitrogens with two attached hydrogens (primary N) is 1. The lowest BCUT2D eigenvalue weighted by Crippen LogP contribution is -2.50. The molecule has 0 aliphatic rings. The van der Waals surface area contributed by atoms with Gasteiger partial charge in [0.05, 0.1) is 6.17 Å². The summed E-state index contributed by atoms with van der Waals surface area (Å²) in [7, 11) is 0. The molecule has 0 bridgehead atoms. The Morgan fingerprint density at radius 1 is 0.875 bits per heavy atom. The number of hydrogen-bond acceptors (Lipinski definition) is 3. The summed E-state index contributed by atoms with van der Waals surface area (Å²) in [6, 6.07) is -0.424. The number of rotatable bonds is 17. The number of nitrogens with zero attached hydrogens (tertiary/aromatic N) is 1. The molecule has 0 aromatic heterocycles. The van der Waals surface area contributed by atoms with Gasteiger partial charge in [0.15, 0.2) is 0 Å². The molecule has 0 saturated heterocycles. The van der Waals surface area contributed by atoms with E-state index in [-0.39, 0.29) is 6.17 Å². The van der Waals surface area contributed by atoms with Crippen molar-refractivity contribution in [2.45, 2.75) is 116 Å². The monoisotopic (exact) mass is 342 g/mol. The molecule has 2 atom stereocenters. The van der Waals surface area contributed by atoms with Crippen molar-refractivity contribution in [1.82, 2.24) is 4.90 Å². The Bertz CT molecular complexity index is 295. The third-order valence-electron chi connectivity index (χ3n) is 4.81. The zero-order valence-electron chi connectivity index (χ0n) is 16.4. The first-order valence-corrected chi connectivity index (χ1v) is 10.3. The van der Waals surface area contributed by atoms with Gasteiger partial charge in [0.25, 0.3) is 0 Å². The minimum absolute atomic E-state index is 0.193. The standard InChI is InChI=1S/C20H42N2O2/c1-4-6-8-10-12-14-16-19(20(23)24)22(18(3)21)17-15-13-11-9-7-5-2/h18-19H,4-17,21H2,1-3H3,(H,23,24). The average molecular weight is 343 g/mol. The van der Waals surface area contributed by atoms with Crippen molar-refractivity contribution in [1.29, 1.82) is 0 Å². The summed E-state index contributed by atoms with van der Waals surface area (Å²) < 4.78 is 0. The van der Waals surface area contributed by atoms with Crippen LogP contribution in [0.25, 0.3) is 0 Å². The number of hydrogen-bond donors (Lipinski definition) is 2. The molecule has 0 aromatic rings. The summed E-state index contributed by atoms with van der Waals surface area (Å²) in [5, 5.41) is 9.61. The van der Waals surface area contributed by atoms with Crippen molar-refractivity contribution in [3.8, 4) is 0 Å². The number of unbranched alkanes of at least 4 members (excludes halogenated alkanes) is 10. The lowest BCUT2D eigenvalue weighted by Gasteiger charge is -2.32. The van der Waals surface area contributed by atoms with E-state index < -0.39 is 12.0 Å². The highest BCUT2D eigenvalue weighted by Crippen LogP contribution is 2.16. The lowest BCUT2D eigenvalue weighted by atomic mass is 10.0. The number of carbonyl (C=O) groups is 1. The van der Waals surface area contributed by atoms with E-state index in [0.717, 1.165) is 32.2 Å². The van der Waals surface area contributed by atoms with Gasteiger partial charge in [-0.3, -0.25) is 9.69 Å². The Morgan fingerprint density at radius 2 is 1.33 bits per heavy atom. The molecule has 3 N–H and O–H groups in total. The van der Waals surface area contributed by atoms with Crippen molar-refractivity contribution in [3.05, 3.63) is 0 Å². The average Bonchev–Trinajstić information content (AvgIpc) is 2.54. The van der Waals surface area contributed by atoms with Crippen LogP contribution in [0, 0.1) is 0 Å². The molecular weight excluding hydrogens is 300 g/mol. The third-order valence-corrected chi connectivity index (χ3v) is 4.81. The van der Waals surface area contributed by atoms with Crippen LogP contribution in [0.5, 0.6) is 0 Å². The summed E-state index contributed by atoms with van der Waals surface area (Å²) in [6.45, 7) is 7.14. The van der Waals surface area contributed by atoms with E-state index in [0.29, 0.717) is 0 Å². The topological polar surface area (TPSA) is 66.6 Å². The minimum Gasteiger partial charge on any atom is -0.480 e. The van der Waals surface area contributed by atoms with Gasteiger partial charge in [-0.15, -0.1) is 0 Å². The highest BCUT2D eigenvalue weighted by Gasteiger charge is 2.26. The van der Waals surface area contributed by atoms with Gasteiger partial charge in [-0.25, -0.2) is 0 Å². The van der Waals surface area contributed by atoms with Crippen molar-refractivity contribution in [3.63, 3.8) is 0 Å². The SMILES string of the molecule is CCCCCCCCC(C(=O)O)N(CCCCCCCC)C(C)N. The van der Waals surface area contributed by atoms with Crippen LogP contribution in [0.2, 0.25) is 0 Å². The normalized spacial score (nSPS) is 14.0. The zero-order valence-corrected chi connectivity index (χ0v) is 16.4. The van der Waals surface area contributed by atoms with Gasteiger partial charge in [-0.05, 0) is 19.8 Å². The maximum absolute atomic E-state index is 11.7. The van der Waals surface area contributed by atoms with E-state index in [9.17, 15) is 9.90 Å². The highest BCUT2D eigenvalue weighted by atomic mass is 16.4. The number of carboxylic acids is 1. The van der Waals surface area contributed by atoms with E-state index >= 15 is 0 Å². The van der Waals surface area contributed by atoms with E-state index in [1.54, 1.807) is 0 Å². The van der Waals surface area contributed by atoms with Crippen LogP contribution in [-0.4, -0.2) is 34.7 Å². The Kier molecular flexibility index (Phi) is 15.5. The fourth-order valence-electron chi connectivity index (χ4n) is 3.27. The third kappa shape index (κ3) is 11.9. The first kappa shape index (κ1) is 23.4. The fraction of sp³-hybridized carbons (Fsp3) is 0.950. The smallest absolute Gasteiger partial charge is 0.320 e. The predicted octanol–water partition coefficient (Wildman–Crippen LogP) is 5.16. The molecular formula is C20H42N2O2. The van der Waals surface area contributed by atoms with Crippen LogP contribution in [0.3, 0.4) is 0 Å². The van der Waals surface area contributed by atoms with Gasteiger partial charge in [0.1, 0.15) is 6.04 Å². The molecule has 0 fully saturated rings. The minimum atomic E-state index is -0.716. The van der Waals surface area contributed by atoms with Crippen LogP contribution in [0.4, 0.5) is 0 Å². The van der Waals surface area contributed by atoms with E-state index in [2.05, 4.69) is 13.8 Å². The van der Waals surface area contributed by atoms with Crippen LogP contribution in [0.15, 0.2) is 0 Å². The molecule has 0 aliphatic heterocycles. The van der Waals surface area contributed by atoms with E-state index in [4.69, 9.17) is 5.73 Å². The Morgan fingerprint density at radius 3 is 1.79 bits per heavy atom. The van der Waals surface area contributed by atoms with Crippen LogP contribution in [0.1, 0.15) is 104 Å². The lowest BCUT2D eigenvalue weighted by molar-refractivity contribution is -0.144. The number of aliphatic carboxylic acids is 1. The van der Waals surface area contributed by atoms with Crippen LogP contribution < -0.4 is 5.73 Å². The molecule has 4 heteroatoms. The molecule has 0 spiro atoms. The molecule has 0 rings (SSSR count). The van der Waals surface area contributed by atoms with Gasteiger partial charge >= 0.3 is 5.97 Å². The molecule has 0 heterocycles. The Hall–Kier alpha value is -0.610. The molecule has 0 aromatic carbocycles. The van der Waals surface area contributed by atoms with Gasteiger partial charge in [0, 0.05) is 6.54 Å². The largest absolute Gasteiger partial charge is 0.480 e. The maximum Gasteiger partial charge on any atom is 0.320 e. The van der Waals surface area contributed by atoms with Gasteiger partial charge in [-0.1, -0.05) is 84.5 Å². The molecule has 2 unspecified atom stereocenters. The zero-order chi connectivity index (χ0) is 18.2. The van der Waals surface area contributed by atoms with Gasteiger partial charge in [-0.2, -0.15) is 0 Å². The molecule has 0 radical (unpaired) electrons. The summed E-state index contributed by atoms with van der Waals surface area (Å²) in [5.41, 5.74) is 6.07. The van der Waals surface area contributed by atoms with Crippen LogP contribution in [-0.2, 0) is 4.79 Å². The highest BCUT2D eigenvalue weighted by molar-refractivity contribution is 5.73. The first-order chi connectivity index (χ1) is 11.5. The van der Waals surface area contributed by atoms with E-state index in [1.165, 1.54) is 57.8 Å². The quantitative estimate of drug-likeness (QED) is 0.283. The summed E-state index contributed by atoms with van der Waals surface area (Å²) >= 11 is 0. The van der Waals surface area contributed by atoms with Gasteiger partial charge in [0.2, 0.25) is 0 Å². The first-order valence-electron chi connectivity index (χ1n) is 10.3. The summed E-state index contributed by atoms with van der Waals surface area (Å²) in [5.74, 6) is -0.716. The summed E-state index contributed by atoms with van der Waals surface area (Å²) in [6.07, 6.45) is 15.0. The fourth-order valence-corrected chi connectivity index (χ4v) is 3.27. The number of carboxylic acid groups (broad SMARTS) is 1. The Labute approximate surface area is 150 Å². The van der Waals surface area contributed by atoms with Crippen molar-refractivity contribution in [2.24, 2.45) is 5.73 Å². The maximum atomic E-state index is 11.7. The molecule has 4 nitrogen and oxygen atoms in total.